The molecular formula is C77H116N12O14. The van der Waals surface area contributed by atoms with E-state index >= 15 is 24.0 Å². The number of likely N-dealkylation sites (N-methyl/N-ethyl adjacent to an activating group) is 6. The predicted molar refractivity (Wildman–Crippen MR) is 392 cm³/mol. The Morgan fingerprint density at radius 2 is 0.981 bits per heavy atom. The summed E-state index contributed by atoms with van der Waals surface area (Å²) < 4.78 is 6.17. The van der Waals surface area contributed by atoms with Gasteiger partial charge in [0, 0.05) is 68.2 Å². The van der Waals surface area contributed by atoms with Crippen LogP contribution in [0.25, 0.3) is 0 Å². The van der Waals surface area contributed by atoms with Gasteiger partial charge in [-0.1, -0.05) is 133 Å². The van der Waals surface area contributed by atoms with E-state index in [4.69, 9.17) is 4.74 Å². The van der Waals surface area contributed by atoms with Crippen molar-refractivity contribution < 1.29 is 67.4 Å². The van der Waals surface area contributed by atoms with Crippen LogP contribution in [0.3, 0.4) is 0 Å². The number of carbonyl (C=O) groups is 12. The van der Waals surface area contributed by atoms with E-state index in [9.17, 15) is 38.7 Å². The lowest BCUT2D eigenvalue weighted by molar-refractivity contribution is -0.151. The Labute approximate surface area is 609 Å². The Morgan fingerprint density at radius 1 is 0.515 bits per heavy atom. The highest BCUT2D eigenvalue weighted by Gasteiger charge is 2.43. The third-order valence-electron chi connectivity index (χ3n) is 19.2. The van der Waals surface area contributed by atoms with Gasteiger partial charge in [0.25, 0.3) is 0 Å². The molecule has 2 saturated heterocycles. The van der Waals surface area contributed by atoms with Gasteiger partial charge in [-0.05, 0) is 120 Å². The topological polar surface area (TPSA) is 317 Å². The molecule has 0 aliphatic carbocycles. The van der Waals surface area contributed by atoms with Gasteiger partial charge in [0.2, 0.25) is 70.9 Å². The molecule has 3 aromatic rings. The maximum Gasteiger partial charge on any atom is 0.248 e. The van der Waals surface area contributed by atoms with Gasteiger partial charge in [0.15, 0.2) is 0 Å². The van der Waals surface area contributed by atoms with E-state index in [1.54, 1.807) is 100 Å². The number of hydrogen-bond acceptors (Lipinski definition) is 14. The van der Waals surface area contributed by atoms with Crippen LogP contribution in [0, 0.1) is 17.8 Å². The van der Waals surface area contributed by atoms with Crippen LogP contribution in [-0.2, 0) is 81.5 Å². The second-order valence-corrected chi connectivity index (χ2v) is 30.0. The van der Waals surface area contributed by atoms with Crippen molar-refractivity contribution in [2.24, 2.45) is 17.8 Å². The molecule has 11 atom stereocenters. The molecule has 0 saturated carbocycles. The van der Waals surface area contributed by atoms with Gasteiger partial charge < -0.3 is 70.7 Å². The molecule has 0 unspecified atom stereocenters. The maximum atomic E-state index is 15.3. The Bertz CT molecular complexity index is 3340. The number of likely N-dealkylation sites (tertiary alicyclic amines) is 1. The van der Waals surface area contributed by atoms with Crippen molar-refractivity contribution in [3.8, 4) is 0 Å². The fourth-order valence-corrected chi connectivity index (χ4v) is 12.7. The number of hydrogen-bond donors (Lipinski definition) is 6. The minimum atomic E-state index is -1.67. The first-order valence-corrected chi connectivity index (χ1v) is 36.2. The molecule has 103 heavy (non-hydrogen) atoms. The van der Waals surface area contributed by atoms with Crippen LogP contribution in [0.5, 0.6) is 0 Å². The predicted octanol–water partition coefficient (Wildman–Crippen LogP) is 3.89. The van der Waals surface area contributed by atoms with Crippen molar-refractivity contribution in [2.75, 3.05) is 68.5 Å². The molecule has 26 nitrogen and oxygen atoms in total. The van der Waals surface area contributed by atoms with E-state index < -0.39 is 168 Å². The molecule has 0 aromatic heterocycles. The van der Waals surface area contributed by atoms with Crippen LogP contribution in [-0.4, -0.2) is 251 Å². The summed E-state index contributed by atoms with van der Waals surface area (Å²) in [5.74, 6) is -10.1. The van der Waals surface area contributed by atoms with Gasteiger partial charge in [-0.3, -0.25) is 57.5 Å². The third-order valence-corrected chi connectivity index (χ3v) is 19.2. The number of benzene rings is 3. The van der Waals surface area contributed by atoms with Crippen molar-refractivity contribution >= 4 is 70.9 Å². The number of carbonyl (C=O) groups excluding carboxylic acids is 12. The average molecular weight is 1430 g/mol. The number of amides is 12. The number of piperidine rings is 1. The highest BCUT2D eigenvalue weighted by atomic mass is 16.5. The maximum absolute atomic E-state index is 15.3. The molecule has 26 heteroatoms. The lowest BCUT2D eigenvalue weighted by Gasteiger charge is -2.37. The van der Waals surface area contributed by atoms with Gasteiger partial charge in [-0.2, -0.15) is 0 Å². The molecule has 2 aliphatic heterocycles. The van der Waals surface area contributed by atoms with Crippen LogP contribution in [0.4, 0.5) is 0 Å². The molecule has 5 rings (SSSR count). The van der Waals surface area contributed by atoms with E-state index in [0.29, 0.717) is 49.9 Å². The zero-order valence-electron chi connectivity index (χ0n) is 63.7. The van der Waals surface area contributed by atoms with Gasteiger partial charge in [0.05, 0.1) is 31.3 Å². The van der Waals surface area contributed by atoms with E-state index in [-0.39, 0.29) is 43.9 Å². The van der Waals surface area contributed by atoms with Crippen molar-refractivity contribution in [3.63, 3.8) is 0 Å². The number of nitrogens with one attached hydrogen (secondary N) is 5. The van der Waals surface area contributed by atoms with Crippen LogP contribution < -0.4 is 26.6 Å². The molecular weight excluding hydrogens is 1320 g/mol. The second-order valence-electron chi connectivity index (χ2n) is 30.0. The Morgan fingerprint density at radius 3 is 1.50 bits per heavy atom. The van der Waals surface area contributed by atoms with Gasteiger partial charge >= 0.3 is 0 Å². The lowest BCUT2D eigenvalue weighted by atomic mass is 9.97. The number of ether oxygens (including phenoxy) is 1. The molecule has 2 aliphatic rings. The van der Waals surface area contributed by atoms with E-state index in [0.717, 1.165) is 26.7 Å². The number of aliphatic hydroxyl groups is 1. The van der Waals surface area contributed by atoms with E-state index in [1.807, 2.05) is 58.0 Å². The number of aliphatic hydroxyl groups excluding tert-OH is 1. The largest absolute Gasteiger partial charge is 0.391 e. The molecule has 0 spiro atoms. The van der Waals surface area contributed by atoms with E-state index in [1.165, 1.54) is 70.8 Å². The molecule has 12 amide bonds. The smallest absolute Gasteiger partial charge is 0.248 e. The molecule has 2 heterocycles. The standard InChI is InChI=1S/C77H116N12O14/c1-48(2)41-59-68(94)80-58(47-103-77(9,10)11)72(98)88(17)62(44-55-35-26-20-27-36-55)74(100)84(13)51(7)67(93)79-57(73(99)89-39-28-21-29-40-89)45-63(91)81-65(50(5)6)76(102)87(16)61(43-54-33-24-19-25-34-54)69(95)78-56(38-30-37-53-31-22-18-23-32-53)71(97)86(15)60(42-49(3)4)70(96)82-66(52(8)90)75(101)83(12)46-64(92)85(59)14/h18-20,22-27,31-36,48-52,56-62,65-66,90H,21,28-30,37-47H2,1-17H3,(H,78,95)(H,79,93)(H,80,94)(H,81,91)(H,82,96)/t51-,52+,56-,57-,58-,59-,60-,61-,62-,65+,66-/m0/s1. The van der Waals surface area contributed by atoms with Crippen LogP contribution in [0.2, 0.25) is 0 Å². The number of nitrogens with zero attached hydrogens (tertiary/aromatic N) is 7. The highest BCUT2D eigenvalue weighted by molar-refractivity contribution is 6.00. The number of rotatable bonds is 17. The summed E-state index contributed by atoms with van der Waals surface area (Å²) in [7, 11) is 8.25. The summed E-state index contributed by atoms with van der Waals surface area (Å²) in [4.78, 5) is 188. The normalized spacial score (nSPS) is 24.6. The molecule has 568 valence electrons. The third kappa shape index (κ3) is 25.3. The Balaban J connectivity index is 1.68. The SMILES string of the molecule is CC(C)C[C@H]1C(=O)N[C@@H](COC(C)(C)C)C(=O)N(C)[C@@H](Cc2ccccc2)C(=O)N(C)[C@@H](C)C(=O)N[C@H](C(=O)N2CCCCC2)CC(=O)N[C@H](C(C)C)C(=O)N(C)[C@@H](Cc2ccccc2)C(=O)N[C@@H](CCCc2ccccc2)C(=O)N(C)[C@@H](CC(C)C)C(=O)N[C@@H]([C@@H](C)O)C(=O)N(C)CC(=O)N1C. The van der Waals surface area contributed by atoms with Crippen molar-refractivity contribution in [2.45, 2.75) is 219 Å². The molecule has 0 radical (unpaired) electrons. The molecule has 0 bridgehead atoms. The van der Waals surface area contributed by atoms with Crippen molar-refractivity contribution in [1.82, 2.24) is 60.9 Å². The van der Waals surface area contributed by atoms with E-state index in [2.05, 4.69) is 26.6 Å². The fourth-order valence-electron chi connectivity index (χ4n) is 12.7. The first kappa shape index (κ1) is 84.9. The molecule has 2 fully saturated rings. The Kier molecular flexibility index (Phi) is 32.8. The average Bonchev–Trinajstić information content (AvgIpc) is 0.823. The second kappa shape index (κ2) is 39.8. The minimum absolute atomic E-state index is 0.0432. The molecule has 6 N–H and O–H groups in total. The van der Waals surface area contributed by atoms with Crippen LogP contribution >= 0.6 is 0 Å². The van der Waals surface area contributed by atoms with Gasteiger partial charge in [-0.15, -0.1) is 0 Å². The lowest BCUT2D eigenvalue weighted by Crippen LogP contribution is -2.62. The molecule has 3 aromatic carbocycles. The van der Waals surface area contributed by atoms with Crippen LogP contribution in [0.1, 0.15) is 144 Å². The Hall–Kier alpha value is -8.78. The van der Waals surface area contributed by atoms with Crippen molar-refractivity contribution in [1.29, 1.82) is 0 Å². The number of aryl methyl sites for hydroxylation is 1. The van der Waals surface area contributed by atoms with Gasteiger partial charge in [-0.25, -0.2) is 0 Å². The zero-order valence-corrected chi connectivity index (χ0v) is 63.7. The summed E-state index contributed by atoms with van der Waals surface area (Å²) >= 11 is 0. The van der Waals surface area contributed by atoms with Gasteiger partial charge in [0.1, 0.15) is 60.4 Å². The summed E-state index contributed by atoms with van der Waals surface area (Å²) in [6.07, 6.45) is 0.847. The van der Waals surface area contributed by atoms with Crippen molar-refractivity contribution in [3.05, 3.63) is 108 Å². The monoisotopic (exact) mass is 1430 g/mol. The summed E-state index contributed by atoms with van der Waals surface area (Å²) in [5, 5.41) is 25.3. The zero-order chi connectivity index (χ0) is 76.7. The quantitative estimate of drug-likeness (QED) is 0.112. The minimum Gasteiger partial charge on any atom is -0.391 e. The fraction of sp³-hybridized carbons (Fsp3) is 0.610. The summed E-state index contributed by atoms with van der Waals surface area (Å²) in [5.41, 5.74) is 1.37. The summed E-state index contributed by atoms with van der Waals surface area (Å²) in [6, 6.07) is 13.3. The van der Waals surface area contributed by atoms with Crippen LogP contribution in [0.15, 0.2) is 91.0 Å². The summed E-state index contributed by atoms with van der Waals surface area (Å²) in [6.45, 7) is 18.3. The first-order chi connectivity index (χ1) is 48.4. The highest BCUT2D eigenvalue weighted by Crippen LogP contribution is 2.23. The first-order valence-electron chi connectivity index (χ1n) is 36.2.